The van der Waals surface area contributed by atoms with Crippen LogP contribution in [-0.2, 0) is 0 Å². The van der Waals surface area contributed by atoms with E-state index in [9.17, 15) is 9.59 Å². The Labute approximate surface area is 105 Å². The van der Waals surface area contributed by atoms with Crippen molar-refractivity contribution in [2.75, 3.05) is 14.1 Å². The lowest BCUT2D eigenvalue weighted by atomic mass is 10.0. The molecular weight excluding hydrogens is 230 g/mol. The molecule has 0 aliphatic heterocycles. The second kappa shape index (κ2) is 4.87. The SMILES string of the molecule is CN(C)C(=O)c1ccccc1-c1ccc(C=O)o1. The second-order valence-corrected chi connectivity index (χ2v) is 4.07. The van der Waals surface area contributed by atoms with E-state index in [1.807, 2.05) is 6.07 Å². The van der Waals surface area contributed by atoms with Gasteiger partial charge < -0.3 is 9.32 Å². The first kappa shape index (κ1) is 12.1. The zero-order valence-corrected chi connectivity index (χ0v) is 10.2. The molecule has 1 amide bonds. The summed E-state index contributed by atoms with van der Waals surface area (Å²) in [6.45, 7) is 0. The molecule has 2 rings (SSSR count). The van der Waals surface area contributed by atoms with Gasteiger partial charge in [-0.05, 0) is 18.2 Å². The lowest BCUT2D eigenvalue weighted by Crippen LogP contribution is -2.22. The van der Waals surface area contributed by atoms with E-state index < -0.39 is 0 Å². The average molecular weight is 243 g/mol. The number of carbonyl (C=O) groups is 2. The highest BCUT2D eigenvalue weighted by Crippen LogP contribution is 2.26. The van der Waals surface area contributed by atoms with E-state index in [-0.39, 0.29) is 11.7 Å². The molecule has 0 unspecified atom stereocenters. The van der Waals surface area contributed by atoms with Crippen LogP contribution >= 0.6 is 0 Å². The highest BCUT2D eigenvalue weighted by atomic mass is 16.3. The Morgan fingerprint density at radius 3 is 2.50 bits per heavy atom. The van der Waals surface area contributed by atoms with Crippen LogP contribution in [0.1, 0.15) is 20.9 Å². The van der Waals surface area contributed by atoms with Gasteiger partial charge >= 0.3 is 0 Å². The first-order chi connectivity index (χ1) is 8.63. The zero-order valence-electron chi connectivity index (χ0n) is 10.2. The summed E-state index contributed by atoms with van der Waals surface area (Å²) in [6.07, 6.45) is 0.639. The van der Waals surface area contributed by atoms with Crippen LogP contribution in [0.5, 0.6) is 0 Å². The monoisotopic (exact) mass is 243 g/mol. The van der Waals surface area contributed by atoms with Crippen molar-refractivity contribution in [3.63, 3.8) is 0 Å². The Morgan fingerprint density at radius 2 is 1.89 bits per heavy atom. The Morgan fingerprint density at radius 1 is 1.17 bits per heavy atom. The molecule has 2 aromatic rings. The van der Waals surface area contributed by atoms with E-state index in [2.05, 4.69) is 0 Å². The topological polar surface area (TPSA) is 50.5 Å². The molecule has 1 aromatic carbocycles. The normalized spacial score (nSPS) is 10.1. The Kier molecular flexibility index (Phi) is 3.28. The molecule has 1 aromatic heterocycles. The molecule has 1 heterocycles. The summed E-state index contributed by atoms with van der Waals surface area (Å²) in [7, 11) is 3.39. The van der Waals surface area contributed by atoms with Gasteiger partial charge in [0.05, 0.1) is 5.56 Å². The minimum absolute atomic E-state index is 0.102. The second-order valence-electron chi connectivity index (χ2n) is 4.07. The molecule has 0 bridgehead atoms. The fraction of sp³-hybridized carbons (Fsp3) is 0.143. The summed E-state index contributed by atoms with van der Waals surface area (Å²) in [5.41, 5.74) is 1.23. The summed E-state index contributed by atoms with van der Waals surface area (Å²) >= 11 is 0. The van der Waals surface area contributed by atoms with Gasteiger partial charge in [-0.25, -0.2) is 0 Å². The summed E-state index contributed by atoms with van der Waals surface area (Å²) in [4.78, 5) is 24.1. The molecule has 0 saturated heterocycles. The third kappa shape index (κ3) is 2.18. The predicted octanol–water partition coefficient (Wildman–Crippen LogP) is 2.46. The van der Waals surface area contributed by atoms with E-state index in [0.29, 0.717) is 23.2 Å². The van der Waals surface area contributed by atoms with Crippen LogP contribution in [-0.4, -0.2) is 31.2 Å². The van der Waals surface area contributed by atoms with Crippen molar-refractivity contribution >= 4 is 12.2 Å². The number of carbonyl (C=O) groups excluding carboxylic acids is 2. The maximum atomic E-state index is 12.0. The number of aldehydes is 1. The van der Waals surface area contributed by atoms with E-state index >= 15 is 0 Å². The number of rotatable bonds is 3. The molecule has 18 heavy (non-hydrogen) atoms. The largest absolute Gasteiger partial charge is 0.453 e. The van der Waals surface area contributed by atoms with E-state index in [1.165, 1.54) is 4.90 Å². The Hall–Kier alpha value is -2.36. The first-order valence-corrected chi connectivity index (χ1v) is 5.49. The maximum absolute atomic E-state index is 12.0. The van der Waals surface area contributed by atoms with Crippen LogP contribution in [0.3, 0.4) is 0 Å². The van der Waals surface area contributed by atoms with Crippen molar-refractivity contribution in [2.45, 2.75) is 0 Å². The molecular formula is C14H13NO3. The number of hydrogen-bond donors (Lipinski definition) is 0. The van der Waals surface area contributed by atoms with Crippen molar-refractivity contribution in [1.82, 2.24) is 4.90 Å². The average Bonchev–Trinajstić information content (AvgIpc) is 2.86. The molecule has 0 fully saturated rings. The summed E-state index contributed by atoms with van der Waals surface area (Å²) in [5, 5.41) is 0. The molecule has 0 aliphatic carbocycles. The molecule has 0 atom stereocenters. The van der Waals surface area contributed by atoms with Gasteiger partial charge in [-0.3, -0.25) is 9.59 Å². The van der Waals surface area contributed by atoms with Crippen LogP contribution in [0.4, 0.5) is 0 Å². The van der Waals surface area contributed by atoms with Gasteiger partial charge in [0, 0.05) is 19.7 Å². The van der Waals surface area contributed by atoms with Crippen LogP contribution in [0.2, 0.25) is 0 Å². The number of nitrogens with zero attached hydrogens (tertiary/aromatic N) is 1. The van der Waals surface area contributed by atoms with Crippen LogP contribution < -0.4 is 0 Å². The number of benzene rings is 1. The van der Waals surface area contributed by atoms with Gasteiger partial charge in [0.1, 0.15) is 5.76 Å². The predicted molar refractivity (Wildman–Crippen MR) is 67.5 cm³/mol. The summed E-state index contributed by atoms with van der Waals surface area (Å²) < 4.78 is 5.35. The van der Waals surface area contributed by atoms with Gasteiger partial charge in [-0.1, -0.05) is 18.2 Å². The van der Waals surface area contributed by atoms with Crippen molar-refractivity contribution in [3.05, 3.63) is 47.7 Å². The fourth-order valence-electron chi connectivity index (χ4n) is 1.69. The first-order valence-electron chi connectivity index (χ1n) is 5.49. The highest BCUT2D eigenvalue weighted by Gasteiger charge is 2.16. The number of furan rings is 1. The Bertz CT molecular complexity index is 584. The van der Waals surface area contributed by atoms with Crippen molar-refractivity contribution < 1.29 is 14.0 Å². The van der Waals surface area contributed by atoms with Crippen molar-refractivity contribution in [3.8, 4) is 11.3 Å². The third-order valence-corrected chi connectivity index (χ3v) is 2.57. The standard InChI is InChI=1S/C14H13NO3/c1-15(2)14(17)12-6-4-3-5-11(12)13-8-7-10(9-16)18-13/h3-9H,1-2H3. The maximum Gasteiger partial charge on any atom is 0.254 e. The lowest BCUT2D eigenvalue weighted by Gasteiger charge is -2.12. The van der Waals surface area contributed by atoms with Gasteiger partial charge in [0.15, 0.2) is 12.0 Å². The van der Waals surface area contributed by atoms with Gasteiger partial charge in [0.2, 0.25) is 0 Å². The van der Waals surface area contributed by atoms with Crippen LogP contribution in [0, 0.1) is 0 Å². The third-order valence-electron chi connectivity index (χ3n) is 2.57. The van der Waals surface area contributed by atoms with Gasteiger partial charge in [-0.15, -0.1) is 0 Å². The number of hydrogen-bond acceptors (Lipinski definition) is 3. The van der Waals surface area contributed by atoms with Crippen molar-refractivity contribution in [1.29, 1.82) is 0 Å². The molecule has 0 spiro atoms. The molecule has 0 N–H and O–H groups in total. The minimum Gasteiger partial charge on any atom is -0.453 e. The van der Waals surface area contributed by atoms with E-state index in [0.717, 1.165) is 0 Å². The van der Waals surface area contributed by atoms with Gasteiger partial charge in [0.25, 0.3) is 5.91 Å². The number of amides is 1. The van der Waals surface area contributed by atoms with Crippen LogP contribution in [0.15, 0.2) is 40.8 Å². The molecule has 0 radical (unpaired) electrons. The van der Waals surface area contributed by atoms with Crippen molar-refractivity contribution in [2.24, 2.45) is 0 Å². The highest BCUT2D eigenvalue weighted by molar-refractivity contribution is 6.00. The Balaban J connectivity index is 2.50. The minimum atomic E-state index is -0.102. The molecule has 0 aliphatic rings. The fourth-order valence-corrected chi connectivity index (χ4v) is 1.69. The molecule has 4 nitrogen and oxygen atoms in total. The molecule has 4 heteroatoms. The van der Waals surface area contributed by atoms with E-state index in [1.54, 1.807) is 44.4 Å². The summed E-state index contributed by atoms with van der Waals surface area (Å²) in [5.74, 6) is 0.662. The quantitative estimate of drug-likeness (QED) is 0.778. The molecule has 0 saturated carbocycles. The van der Waals surface area contributed by atoms with E-state index in [4.69, 9.17) is 4.42 Å². The lowest BCUT2D eigenvalue weighted by molar-refractivity contribution is 0.0828. The van der Waals surface area contributed by atoms with Crippen LogP contribution in [0.25, 0.3) is 11.3 Å². The molecule has 92 valence electrons. The smallest absolute Gasteiger partial charge is 0.254 e. The zero-order chi connectivity index (χ0) is 13.1. The van der Waals surface area contributed by atoms with Gasteiger partial charge in [-0.2, -0.15) is 0 Å². The summed E-state index contributed by atoms with van der Waals surface area (Å²) in [6, 6.07) is 10.4.